The van der Waals surface area contributed by atoms with Gasteiger partial charge in [-0.1, -0.05) is 68.3 Å². The third kappa shape index (κ3) is 10.0. The number of thioether (sulfide) groups is 1. The number of benzene rings is 1. The Morgan fingerprint density at radius 1 is 1.11 bits per heavy atom. The maximum Gasteiger partial charge on any atom is 0.311 e. The van der Waals surface area contributed by atoms with Crippen LogP contribution in [0, 0.1) is 5.41 Å². The molecule has 0 spiro atoms. The number of rotatable bonds is 9. The van der Waals surface area contributed by atoms with Crippen LogP contribution in [-0.2, 0) is 22.5 Å². The molecule has 0 radical (unpaired) electrons. The van der Waals surface area contributed by atoms with Crippen LogP contribution in [-0.4, -0.2) is 27.0 Å². The zero-order chi connectivity index (χ0) is 27.7. The quantitative estimate of drug-likeness (QED) is 0.182. The molecule has 1 heterocycles. The van der Waals surface area contributed by atoms with E-state index in [4.69, 9.17) is 4.74 Å². The second-order valence-corrected chi connectivity index (χ2v) is 13.8. The molecular formula is C30H46BrNO3S. The minimum Gasteiger partial charge on any atom is -0.508 e. The first-order chi connectivity index (χ1) is 16.7. The van der Waals surface area contributed by atoms with Gasteiger partial charge in [0, 0.05) is 39.2 Å². The fraction of sp³-hybridized carbons (Fsp3) is 0.567. The van der Waals surface area contributed by atoms with Crippen molar-refractivity contribution in [3.8, 4) is 5.75 Å². The topological polar surface area (TPSA) is 51.5 Å². The Kier molecular flexibility index (Phi) is 12.9. The molecule has 0 saturated heterocycles. The maximum absolute atomic E-state index is 12.5. The number of carbonyl (C=O) groups excluding carboxylic acids is 1. The number of fused-ring (bicyclic) bond motifs is 1. The summed E-state index contributed by atoms with van der Waals surface area (Å²) in [6.07, 6.45) is 6.93. The van der Waals surface area contributed by atoms with Gasteiger partial charge in [0.25, 0.3) is 0 Å². The molecule has 0 aliphatic rings. The van der Waals surface area contributed by atoms with Gasteiger partial charge in [0.15, 0.2) is 0 Å². The van der Waals surface area contributed by atoms with Crippen LogP contribution >= 0.6 is 27.7 Å². The standard InChI is InChI=1S/C22H33NO3S.C8H13Br/c1-8-12-23-17-11-10-15(24)13-16(17)19(27-21(3,4)5)18(23)14-22(6,7)20(25)26-9-2;1-4-7(2)5-6-8(3)9/h10-11,13,24H,8-9,12,14H2,1-7H3;5-6H,4H2,1-3H3/b;7-5-,8-6+. The summed E-state index contributed by atoms with van der Waals surface area (Å²) < 4.78 is 8.82. The molecule has 0 saturated carbocycles. The van der Waals surface area contributed by atoms with Crippen LogP contribution in [0.3, 0.4) is 0 Å². The number of phenols is 1. The molecule has 0 bridgehead atoms. The number of carbonyl (C=O) groups is 1. The Labute approximate surface area is 231 Å². The molecule has 1 N–H and O–H groups in total. The third-order valence-corrected chi connectivity index (χ3v) is 7.09. The van der Waals surface area contributed by atoms with Gasteiger partial charge in [0.1, 0.15) is 5.75 Å². The van der Waals surface area contributed by atoms with E-state index in [0.29, 0.717) is 13.0 Å². The normalized spacial score (nSPS) is 13.0. The molecule has 2 aromatic rings. The minimum atomic E-state index is -0.620. The number of hydrogen-bond acceptors (Lipinski definition) is 4. The zero-order valence-electron chi connectivity index (χ0n) is 23.9. The van der Waals surface area contributed by atoms with E-state index in [1.54, 1.807) is 17.8 Å². The maximum atomic E-state index is 12.5. The Hall–Kier alpha value is -1.66. The average Bonchev–Trinajstić information content (AvgIpc) is 3.03. The van der Waals surface area contributed by atoms with E-state index in [1.807, 2.05) is 39.8 Å². The Morgan fingerprint density at radius 3 is 2.25 bits per heavy atom. The van der Waals surface area contributed by atoms with Crippen molar-refractivity contribution < 1.29 is 14.6 Å². The number of ether oxygens (including phenoxy) is 1. The van der Waals surface area contributed by atoms with Crippen LogP contribution < -0.4 is 0 Å². The molecule has 0 aliphatic heterocycles. The van der Waals surface area contributed by atoms with Crippen molar-refractivity contribution in [1.29, 1.82) is 0 Å². The minimum absolute atomic E-state index is 0.0135. The molecule has 0 unspecified atom stereocenters. The highest BCUT2D eigenvalue weighted by Gasteiger charge is 2.33. The van der Waals surface area contributed by atoms with Crippen molar-refractivity contribution in [3.05, 3.63) is 46.1 Å². The highest BCUT2D eigenvalue weighted by atomic mass is 79.9. The Balaban J connectivity index is 0.000000613. The lowest BCUT2D eigenvalue weighted by Gasteiger charge is -2.25. The van der Waals surface area contributed by atoms with E-state index < -0.39 is 5.41 Å². The van der Waals surface area contributed by atoms with Crippen molar-refractivity contribution in [3.63, 3.8) is 0 Å². The van der Waals surface area contributed by atoms with E-state index in [9.17, 15) is 9.90 Å². The van der Waals surface area contributed by atoms with Crippen molar-refractivity contribution >= 4 is 44.6 Å². The summed E-state index contributed by atoms with van der Waals surface area (Å²) >= 11 is 5.14. The predicted molar refractivity (Wildman–Crippen MR) is 160 cm³/mol. The number of nitrogens with zero attached hydrogens (tertiary/aromatic N) is 1. The summed E-state index contributed by atoms with van der Waals surface area (Å²) in [6, 6.07) is 5.56. The number of allylic oxidation sites excluding steroid dienone is 4. The second kappa shape index (κ2) is 14.3. The van der Waals surface area contributed by atoms with Crippen molar-refractivity contribution in [2.75, 3.05) is 6.61 Å². The molecule has 1 aromatic carbocycles. The molecule has 6 heteroatoms. The Morgan fingerprint density at radius 2 is 1.75 bits per heavy atom. The number of phenolic OH excluding ortho intramolecular Hbond substituents is 1. The monoisotopic (exact) mass is 579 g/mol. The van der Waals surface area contributed by atoms with Crippen LogP contribution in [0.4, 0.5) is 0 Å². The van der Waals surface area contributed by atoms with Gasteiger partial charge in [0.05, 0.1) is 12.0 Å². The lowest BCUT2D eigenvalue weighted by Crippen LogP contribution is -2.30. The molecule has 202 valence electrons. The van der Waals surface area contributed by atoms with Crippen LogP contribution in [0.2, 0.25) is 0 Å². The smallest absolute Gasteiger partial charge is 0.311 e. The van der Waals surface area contributed by atoms with E-state index in [1.165, 1.54) is 10.1 Å². The van der Waals surface area contributed by atoms with Gasteiger partial charge in [-0.15, -0.1) is 11.8 Å². The molecule has 0 aliphatic carbocycles. The second-order valence-electron chi connectivity index (χ2n) is 10.7. The van der Waals surface area contributed by atoms with Crippen LogP contribution in [0.25, 0.3) is 10.9 Å². The Bertz CT molecular complexity index is 1070. The fourth-order valence-electron chi connectivity index (χ4n) is 3.63. The number of halogens is 1. The highest BCUT2D eigenvalue weighted by Crippen LogP contribution is 2.44. The lowest BCUT2D eigenvalue weighted by atomic mass is 9.87. The molecule has 2 rings (SSSR count). The largest absolute Gasteiger partial charge is 0.508 e. The summed E-state index contributed by atoms with van der Waals surface area (Å²) in [5.41, 5.74) is 3.05. The highest BCUT2D eigenvalue weighted by molar-refractivity contribution is 9.11. The molecule has 1 aromatic heterocycles. The van der Waals surface area contributed by atoms with Gasteiger partial charge in [-0.2, -0.15) is 0 Å². The first-order valence-corrected chi connectivity index (χ1v) is 14.5. The molecule has 36 heavy (non-hydrogen) atoms. The summed E-state index contributed by atoms with van der Waals surface area (Å²) in [5.74, 6) is 0.0935. The molecule has 0 fully saturated rings. The molecular weight excluding hydrogens is 534 g/mol. The van der Waals surface area contributed by atoms with E-state index in [2.05, 4.69) is 74.2 Å². The first-order valence-electron chi connectivity index (χ1n) is 12.9. The lowest BCUT2D eigenvalue weighted by molar-refractivity contribution is -0.153. The van der Waals surface area contributed by atoms with E-state index in [0.717, 1.165) is 40.9 Å². The van der Waals surface area contributed by atoms with Crippen LogP contribution in [0.1, 0.15) is 87.8 Å². The van der Waals surface area contributed by atoms with Gasteiger partial charge in [-0.3, -0.25) is 4.79 Å². The summed E-state index contributed by atoms with van der Waals surface area (Å²) in [4.78, 5) is 13.7. The zero-order valence-corrected chi connectivity index (χ0v) is 26.3. The third-order valence-electron chi connectivity index (χ3n) is 5.55. The van der Waals surface area contributed by atoms with Gasteiger partial charge >= 0.3 is 5.97 Å². The summed E-state index contributed by atoms with van der Waals surface area (Å²) in [7, 11) is 0. The number of aromatic hydroxyl groups is 1. The van der Waals surface area contributed by atoms with E-state index in [-0.39, 0.29) is 16.5 Å². The van der Waals surface area contributed by atoms with Crippen LogP contribution in [0.5, 0.6) is 5.75 Å². The molecule has 0 amide bonds. The predicted octanol–water partition coefficient (Wildman–Crippen LogP) is 9.42. The van der Waals surface area contributed by atoms with Gasteiger partial charge in [-0.05, 0) is 70.1 Å². The van der Waals surface area contributed by atoms with Crippen molar-refractivity contribution in [2.45, 2.75) is 105 Å². The van der Waals surface area contributed by atoms with Gasteiger partial charge in [-0.25, -0.2) is 0 Å². The SMILES string of the molecule is CC/C(C)=C\C=C(/C)Br.CCCn1c(CC(C)(C)C(=O)OCC)c(SC(C)(C)C)c2cc(O)ccc21. The number of aryl methyl sites for hydroxylation is 1. The fourth-order valence-corrected chi connectivity index (χ4v) is 4.95. The molecule has 0 atom stereocenters. The average molecular weight is 581 g/mol. The first kappa shape index (κ1) is 32.4. The number of esters is 1. The van der Waals surface area contributed by atoms with E-state index >= 15 is 0 Å². The van der Waals surface area contributed by atoms with Crippen molar-refractivity contribution in [2.24, 2.45) is 5.41 Å². The van der Waals surface area contributed by atoms with Gasteiger partial charge in [0.2, 0.25) is 0 Å². The van der Waals surface area contributed by atoms with Crippen LogP contribution in [0.15, 0.2) is 45.3 Å². The van der Waals surface area contributed by atoms with Gasteiger partial charge < -0.3 is 14.4 Å². The molecule has 4 nitrogen and oxygen atoms in total. The number of hydrogen-bond donors (Lipinski definition) is 1. The summed E-state index contributed by atoms with van der Waals surface area (Å²) in [6.45, 7) is 22.0. The van der Waals surface area contributed by atoms with Crippen molar-refractivity contribution in [1.82, 2.24) is 4.57 Å². The summed E-state index contributed by atoms with van der Waals surface area (Å²) in [5, 5.41) is 11.1. The number of aromatic nitrogens is 1.